The Labute approximate surface area is 168 Å². The molecule has 3 aromatic rings. The fourth-order valence-corrected chi connectivity index (χ4v) is 4.22. The number of fused-ring (bicyclic) bond motifs is 2. The molecule has 0 spiro atoms. The second-order valence-electron chi connectivity index (χ2n) is 7.30. The SMILES string of the molecule is CCCCOc1ccc2c(=O)c3ccc(CCC(N)(CO)CO)cc3sc2c1. The average Bonchev–Trinajstić information content (AvgIpc) is 2.72. The van der Waals surface area contributed by atoms with Crippen LogP contribution in [0.4, 0.5) is 0 Å². The van der Waals surface area contributed by atoms with Crippen molar-refractivity contribution in [2.24, 2.45) is 5.73 Å². The number of hydrogen-bond donors (Lipinski definition) is 3. The minimum absolute atomic E-state index is 0.0225. The molecule has 6 heteroatoms. The molecular weight excluding hydrogens is 374 g/mol. The summed E-state index contributed by atoms with van der Waals surface area (Å²) in [5, 5.41) is 20.1. The molecule has 0 atom stereocenters. The predicted molar refractivity (Wildman–Crippen MR) is 115 cm³/mol. The third-order valence-electron chi connectivity index (χ3n) is 5.02. The van der Waals surface area contributed by atoms with Crippen molar-refractivity contribution in [3.8, 4) is 5.75 Å². The molecule has 28 heavy (non-hydrogen) atoms. The summed E-state index contributed by atoms with van der Waals surface area (Å²) < 4.78 is 7.59. The number of aliphatic hydroxyl groups is 2. The van der Waals surface area contributed by atoms with Gasteiger partial charge in [0.05, 0.1) is 25.4 Å². The third-order valence-corrected chi connectivity index (χ3v) is 6.13. The van der Waals surface area contributed by atoms with E-state index in [0.29, 0.717) is 30.2 Å². The van der Waals surface area contributed by atoms with Gasteiger partial charge >= 0.3 is 0 Å². The van der Waals surface area contributed by atoms with E-state index in [1.54, 1.807) is 11.3 Å². The van der Waals surface area contributed by atoms with Crippen LogP contribution in [0.1, 0.15) is 31.7 Å². The number of aryl methyl sites for hydroxylation is 1. The Bertz CT molecular complexity index is 1010. The Kier molecular flexibility index (Phi) is 6.67. The van der Waals surface area contributed by atoms with Gasteiger partial charge in [0.1, 0.15) is 5.75 Å². The van der Waals surface area contributed by atoms with Gasteiger partial charge in [0, 0.05) is 20.2 Å². The maximum atomic E-state index is 12.9. The zero-order chi connectivity index (χ0) is 20.1. The van der Waals surface area contributed by atoms with Crippen molar-refractivity contribution in [1.82, 2.24) is 0 Å². The van der Waals surface area contributed by atoms with Gasteiger partial charge in [0.2, 0.25) is 0 Å². The standard InChI is InChI=1S/C22H27NO4S/c1-2-3-10-27-16-5-7-18-20(12-16)28-19-11-15(4-6-17(19)21(18)26)8-9-22(23,13-24)14-25/h4-7,11-12,24-25H,2-3,8-10,13-14,23H2,1H3. The van der Waals surface area contributed by atoms with Gasteiger partial charge in [-0.25, -0.2) is 0 Å². The smallest absolute Gasteiger partial charge is 0.195 e. The highest BCUT2D eigenvalue weighted by atomic mass is 32.1. The number of rotatable bonds is 9. The van der Waals surface area contributed by atoms with Gasteiger partial charge < -0.3 is 20.7 Å². The molecule has 0 aliphatic carbocycles. The molecule has 1 aromatic heterocycles. The molecule has 0 amide bonds. The Morgan fingerprint density at radius 1 is 1.07 bits per heavy atom. The molecule has 0 saturated carbocycles. The highest BCUT2D eigenvalue weighted by Gasteiger charge is 2.22. The number of aliphatic hydroxyl groups excluding tert-OH is 2. The fourth-order valence-electron chi connectivity index (χ4n) is 3.06. The highest BCUT2D eigenvalue weighted by Crippen LogP contribution is 2.29. The van der Waals surface area contributed by atoms with Crippen LogP contribution < -0.4 is 15.9 Å². The van der Waals surface area contributed by atoms with Gasteiger partial charge in [-0.05, 0) is 55.2 Å². The van der Waals surface area contributed by atoms with Gasteiger partial charge in [-0.15, -0.1) is 11.3 Å². The van der Waals surface area contributed by atoms with E-state index >= 15 is 0 Å². The predicted octanol–water partition coefficient (Wildman–Crippen LogP) is 3.21. The second kappa shape index (κ2) is 9.01. The quantitative estimate of drug-likeness (QED) is 0.378. The van der Waals surface area contributed by atoms with Crippen LogP contribution in [0.5, 0.6) is 5.75 Å². The van der Waals surface area contributed by atoms with Gasteiger partial charge in [0.25, 0.3) is 0 Å². The second-order valence-corrected chi connectivity index (χ2v) is 8.38. The normalized spacial score (nSPS) is 12.0. The third kappa shape index (κ3) is 4.52. The minimum atomic E-state index is -0.990. The first-order valence-electron chi connectivity index (χ1n) is 9.62. The first kappa shape index (κ1) is 20.7. The van der Waals surface area contributed by atoms with Crippen LogP contribution >= 0.6 is 11.3 Å². The van der Waals surface area contributed by atoms with Crippen molar-refractivity contribution < 1.29 is 14.9 Å². The van der Waals surface area contributed by atoms with Crippen molar-refractivity contribution in [1.29, 1.82) is 0 Å². The van der Waals surface area contributed by atoms with Crippen molar-refractivity contribution in [2.75, 3.05) is 19.8 Å². The number of unbranched alkanes of at least 4 members (excludes halogenated alkanes) is 1. The Balaban J connectivity index is 1.93. The summed E-state index contributed by atoms with van der Waals surface area (Å²) in [4.78, 5) is 12.9. The van der Waals surface area contributed by atoms with Gasteiger partial charge in [-0.3, -0.25) is 4.79 Å². The first-order valence-corrected chi connectivity index (χ1v) is 10.4. The monoisotopic (exact) mass is 401 g/mol. The molecule has 3 rings (SSSR count). The average molecular weight is 402 g/mol. The molecule has 4 N–H and O–H groups in total. The largest absolute Gasteiger partial charge is 0.494 e. The Morgan fingerprint density at radius 2 is 1.75 bits per heavy atom. The topological polar surface area (TPSA) is 92.8 Å². The molecule has 1 heterocycles. The molecule has 150 valence electrons. The molecule has 0 aliphatic rings. The molecule has 2 aromatic carbocycles. The molecule has 5 nitrogen and oxygen atoms in total. The zero-order valence-corrected chi connectivity index (χ0v) is 16.9. The summed E-state index contributed by atoms with van der Waals surface area (Å²) in [6.45, 7) is 2.26. The van der Waals surface area contributed by atoms with Crippen molar-refractivity contribution >= 4 is 31.5 Å². The van der Waals surface area contributed by atoms with Crippen LogP contribution in [-0.2, 0) is 6.42 Å². The zero-order valence-electron chi connectivity index (χ0n) is 16.1. The first-order chi connectivity index (χ1) is 13.5. The lowest BCUT2D eigenvalue weighted by atomic mass is 9.94. The fraction of sp³-hybridized carbons (Fsp3) is 0.409. The number of nitrogens with two attached hydrogens (primary N) is 1. The van der Waals surface area contributed by atoms with Crippen LogP contribution in [0.2, 0.25) is 0 Å². The maximum absolute atomic E-state index is 12.9. The van der Waals surface area contributed by atoms with Crippen molar-refractivity contribution in [2.45, 2.75) is 38.1 Å². The van der Waals surface area contributed by atoms with Gasteiger partial charge in [-0.2, -0.15) is 0 Å². The summed E-state index contributed by atoms with van der Waals surface area (Å²) in [5.41, 5.74) is 6.02. The lowest BCUT2D eigenvalue weighted by Gasteiger charge is -2.24. The maximum Gasteiger partial charge on any atom is 0.195 e. The number of ether oxygens (including phenoxy) is 1. The molecular formula is C22H27NO4S. The summed E-state index contributed by atoms with van der Waals surface area (Å²) in [6.07, 6.45) is 3.15. The van der Waals surface area contributed by atoms with Crippen LogP contribution in [0, 0.1) is 0 Å². The van der Waals surface area contributed by atoms with E-state index in [2.05, 4.69) is 6.92 Å². The molecule has 0 unspecified atom stereocenters. The number of hydrogen-bond acceptors (Lipinski definition) is 6. The summed E-state index contributed by atoms with van der Waals surface area (Å²) in [6, 6.07) is 11.4. The molecule has 0 radical (unpaired) electrons. The molecule has 0 saturated heterocycles. The summed E-state index contributed by atoms with van der Waals surface area (Å²) >= 11 is 1.57. The number of benzene rings is 2. The van der Waals surface area contributed by atoms with E-state index in [0.717, 1.165) is 33.6 Å². The highest BCUT2D eigenvalue weighted by molar-refractivity contribution is 7.24. The Hall–Kier alpha value is -1.99. The minimum Gasteiger partial charge on any atom is -0.494 e. The van der Waals surface area contributed by atoms with Crippen LogP contribution in [-0.4, -0.2) is 35.6 Å². The van der Waals surface area contributed by atoms with E-state index in [4.69, 9.17) is 10.5 Å². The lowest BCUT2D eigenvalue weighted by Crippen LogP contribution is -2.47. The summed E-state index contributed by atoms with van der Waals surface area (Å²) in [7, 11) is 0. The van der Waals surface area contributed by atoms with Crippen molar-refractivity contribution in [3.05, 3.63) is 52.2 Å². The van der Waals surface area contributed by atoms with E-state index in [-0.39, 0.29) is 18.6 Å². The van der Waals surface area contributed by atoms with E-state index in [9.17, 15) is 15.0 Å². The molecule has 0 aliphatic heterocycles. The van der Waals surface area contributed by atoms with Gasteiger partial charge in [0.15, 0.2) is 5.43 Å². The molecule has 0 bridgehead atoms. The molecule has 0 fully saturated rings. The van der Waals surface area contributed by atoms with Gasteiger partial charge in [-0.1, -0.05) is 19.4 Å². The lowest BCUT2D eigenvalue weighted by molar-refractivity contribution is 0.115. The summed E-state index contributed by atoms with van der Waals surface area (Å²) in [5.74, 6) is 0.783. The van der Waals surface area contributed by atoms with Crippen LogP contribution in [0.25, 0.3) is 20.2 Å². The van der Waals surface area contributed by atoms with E-state index < -0.39 is 5.54 Å². The van der Waals surface area contributed by atoms with Crippen LogP contribution in [0.15, 0.2) is 41.2 Å². The van der Waals surface area contributed by atoms with E-state index in [1.807, 2.05) is 36.4 Å². The Morgan fingerprint density at radius 3 is 2.43 bits per heavy atom. The van der Waals surface area contributed by atoms with E-state index in [1.165, 1.54) is 0 Å². The van der Waals surface area contributed by atoms with Crippen LogP contribution in [0.3, 0.4) is 0 Å². The van der Waals surface area contributed by atoms with Crippen molar-refractivity contribution in [3.63, 3.8) is 0 Å².